The summed E-state index contributed by atoms with van der Waals surface area (Å²) in [6, 6.07) is 24.0. The van der Waals surface area contributed by atoms with Crippen LogP contribution in [0.15, 0.2) is 72.8 Å². The van der Waals surface area contributed by atoms with Crippen molar-refractivity contribution in [3.63, 3.8) is 0 Å². The molecular weight excluding hydrogens is 418 g/mol. The number of unbranched alkanes of at least 4 members (excludes halogenated alkanes) is 1. The standard InChI is InChI=1S/C27H28ClN3O/c1-4-5-17-30(27(32)19(2)3)23-15-16-24-25(18-23)31(22-9-7-6-8-10-22)26(29-24)20-11-13-21(28)14-12-20/h6-16,18-19H,4-5,17H2,1-3H3. The normalized spacial score (nSPS) is 11.3. The number of carbonyl (C=O) groups is 1. The molecule has 0 aliphatic heterocycles. The van der Waals surface area contributed by atoms with Crippen molar-refractivity contribution in [1.82, 2.24) is 9.55 Å². The number of aromatic nitrogens is 2. The predicted octanol–water partition coefficient (Wildman–Crippen LogP) is 7.14. The highest BCUT2D eigenvalue weighted by atomic mass is 35.5. The summed E-state index contributed by atoms with van der Waals surface area (Å²) in [5, 5.41) is 0.692. The van der Waals surface area contributed by atoms with Crippen molar-refractivity contribution < 1.29 is 4.79 Å². The average molecular weight is 446 g/mol. The van der Waals surface area contributed by atoms with Gasteiger partial charge in [0.2, 0.25) is 5.91 Å². The lowest BCUT2D eigenvalue weighted by Crippen LogP contribution is -2.35. The highest BCUT2D eigenvalue weighted by molar-refractivity contribution is 6.30. The zero-order chi connectivity index (χ0) is 22.7. The molecule has 4 nitrogen and oxygen atoms in total. The Balaban J connectivity index is 1.91. The molecule has 4 rings (SSSR count). The zero-order valence-corrected chi connectivity index (χ0v) is 19.5. The fourth-order valence-corrected chi connectivity index (χ4v) is 3.98. The van der Waals surface area contributed by atoms with Crippen molar-refractivity contribution >= 4 is 34.2 Å². The van der Waals surface area contributed by atoms with Crippen LogP contribution in [-0.4, -0.2) is 22.0 Å². The number of halogens is 1. The van der Waals surface area contributed by atoms with E-state index in [0.29, 0.717) is 11.6 Å². The van der Waals surface area contributed by atoms with Gasteiger partial charge in [-0.25, -0.2) is 4.98 Å². The Morgan fingerprint density at radius 1 is 1.03 bits per heavy atom. The minimum Gasteiger partial charge on any atom is -0.312 e. The Bertz CT molecular complexity index is 1210. The molecule has 0 atom stereocenters. The van der Waals surface area contributed by atoms with Gasteiger partial charge in [-0.3, -0.25) is 9.36 Å². The second-order valence-electron chi connectivity index (χ2n) is 8.28. The number of hydrogen-bond acceptors (Lipinski definition) is 2. The molecule has 0 unspecified atom stereocenters. The monoisotopic (exact) mass is 445 g/mol. The molecule has 0 spiro atoms. The van der Waals surface area contributed by atoms with Gasteiger partial charge < -0.3 is 4.90 Å². The first kappa shape index (κ1) is 22.1. The maximum absolute atomic E-state index is 13.0. The number of fused-ring (bicyclic) bond motifs is 1. The molecule has 5 heteroatoms. The van der Waals surface area contributed by atoms with Crippen LogP contribution in [0.2, 0.25) is 5.02 Å². The quantitative estimate of drug-likeness (QED) is 0.303. The molecule has 3 aromatic carbocycles. The molecule has 1 aromatic heterocycles. The Morgan fingerprint density at radius 3 is 2.41 bits per heavy atom. The van der Waals surface area contributed by atoms with E-state index in [1.54, 1.807) is 0 Å². The van der Waals surface area contributed by atoms with E-state index in [0.717, 1.165) is 46.6 Å². The number of rotatable bonds is 7. The fourth-order valence-electron chi connectivity index (χ4n) is 3.86. The SMILES string of the molecule is CCCCN(C(=O)C(C)C)c1ccc2nc(-c3ccc(Cl)cc3)n(-c3ccccc3)c2c1. The van der Waals surface area contributed by atoms with E-state index in [1.165, 1.54) is 0 Å². The third kappa shape index (κ3) is 4.42. The van der Waals surface area contributed by atoms with E-state index in [2.05, 4.69) is 29.7 Å². The van der Waals surface area contributed by atoms with Crippen LogP contribution in [0.25, 0.3) is 28.1 Å². The molecule has 1 heterocycles. The van der Waals surface area contributed by atoms with Gasteiger partial charge >= 0.3 is 0 Å². The number of nitrogens with zero attached hydrogens (tertiary/aromatic N) is 3. The van der Waals surface area contributed by atoms with Crippen molar-refractivity contribution in [1.29, 1.82) is 0 Å². The summed E-state index contributed by atoms with van der Waals surface area (Å²) >= 11 is 6.12. The molecule has 0 fully saturated rings. The minimum atomic E-state index is -0.0637. The van der Waals surface area contributed by atoms with E-state index < -0.39 is 0 Å². The van der Waals surface area contributed by atoms with E-state index in [-0.39, 0.29) is 11.8 Å². The summed E-state index contributed by atoms with van der Waals surface area (Å²) in [5.74, 6) is 0.919. The maximum Gasteiger partial charge on any atom is 0.229 e. The highest BCUT2D eigenvalue weighted by Gasteiger charge is 2.21. The number of benzene rings is 3. The van der Waals surface area contributed by atoms with Gasteiger partial charge in [0, 0.05) is 34.4 Å². The van der Waals surface area contributed by atoms with Crippen LogP contribution >= 0.6 is 11.6 Å². The summed E-state index contributed by atoms with van der Waals surface area (Å²) in [5.41, 5.74) is 4.76. The number of anilines is 1. The molecule has 0 radical (unpaired) electrons. The Kier molecular flexibility index (Phi) is 6.61. The molecule has 4 aromatic rings. The van der Waals surface area contributed by atoms with Crippen LogP contribution in [-0.2, 0) is 4.79 Å². The third-order valence-electron chi connectivity index (χ3n) is 5.56. The Labute approximate surface area is 194 Å². The molecule has 0 bridgehead atoms. The number of hydrogen-bond donors (Lipinski definition) is 0. The van der Waals surface area contributed by atoms with Crippen molar-refractivity contribution in [3.8, 4) is 17.1 Å². The van der Waals surface area contributed by atoms with Crippen molar-refractivity contribution in [2.45, 2.75) is 33.6 Å². The molecule has 0 saturated carbocycles. The smallest absolute Gasteiger partial charge is 0.229 e. The van der Waals surface area contributed by atoms with Gasteiger partial charge in [0.15, 0.2) is 0 Å². The van der Waals surface area contributed by atoms with Gasteiger partial charge in [-0.15, -0.1) is 0 Å². The largest absolute Gasteiger partial charge is 0.312 e. The van der Waals surface area contributed by atoms with Gasteiger partial charge in [-0.1, -0.05) is 57.0 Å². The Morgan fingerprint density at radius 2 is 1.75 bits per heavy atom. The molecule has 0 saturated heterocycles. The van der Waals surface area contributed by atoms with Crippen LogP contribution < -0.4 is 4.90 Å². The van der Waals surface area contributed by atoms with E-state index >= 15 is 0 Å². The van der Waals surface area contributed by atoms with Crippen molar-refractivity contribution in [3.05, 3.63) is 77.8 Å². The predicted molar refractivity (Wildman–Crippen MR) is 134 cm³/mol. The van der Waals surface area contributed by atoms with Crippen LogP contribution in [0.3, 0.4) is 0 Å². The van der Waals surface area contributed by atoms with Crippen molar-refractivity contribution in [2.75, 3.05) is 11.4 Å². The van der Waals surface area contributed by atoms with Gasteiger partial charge in [0.05, 0.1) is 11.0 Å². The van der Waals surface area contributed by atoms with Gasteiger partial charge in [-0.05, 0) is 61.0 Å². The summed E-state index contributed by atoms with van der Waals surface area (Å²) in [7, 11) is 0. The molecule has 164 valence electrons. The second-order valence-corrected chi connectivity index (χ2v) is 8.72. The molecule has 32 heavy (non-hydrogen) atoms. The van der Waals surface area contributed by atoms with E-state index in [1.807, 2.05) is 73.3 Å². The first-order valence-corrected chi connectivity index (χ1v) is 11.5. The van der Waals surface area contributed by atoms with Crippen molar-refractivity contribution in [2.24, 2.45) is 5.92 Å². The van der Waals surface area contributed by atoms with E-state index in [4.69, 9.17) is 16.6 Å². The number of carbonyl (C=O) groups excluding carboxylic acids is 1. The average Bonchev–Trinajstić information content (AvgIpc) is 3.19. The topological polar surface area (TPSA) is 38.1 Å². The first-order valence-electron chi connectivity index (χ1n) is 11.1. The van der Waals surface area contributed by atoms with Gasteiger partial charge in [-0.2, -0.15) is 0 Å². The second kappa shape index (κ2) is 9.58. The summed E-state index contributed by atoms with van der Waals surface area (Å²) in [6.45, 7) is 6.76. The maximum atomic E-state index is 13.0. The third-order valence-corrected chi connectivity index (χ3v) is 5.81. The summed E-state index contributed by atoms with van der Waals surface area (Å²) in [4.78, 5) is 19.9. The number of imidazole rings is 1. The lowest BCUT2D eigenvalue weighted by Gasteiger charge is -2.25. The highest BCUT2D eigenvalue weighted by Crippen LogP contribution is 2.32. The van der Waals surface area contributed by atoms with Crippen LogP contribution in [0.5, 0.6) is 0 Å². The minimum absolute atomic E-state index is 0.0637. The van der Waals surface area contributed by atoms with Gasteiger partial charge in [0.25, 0.3) is 0 Å². The number of para-hydroxylation sites is 1. The molecule has 0 N–H and O–H groups in total. The fraction of sp³-hybridized carbons (Fsp3) is 0.259. The summed E-state index contributed by atoms with van der Waals surface area (Å²) < 4.78 is 2.15. The lowest BCUT2D eigenvalue weighted by atomic mass is 10.1. The molecular formula is C27H28ClN3O. The van der Waals surface area contributed by atoms with E-state index in [9.17, 15) is 4.79 Å². The summed E-state index contributed by atoms with van der Waals surface area (Å²) in [6.07, 6.45) is 2.00. The molecule has 0 aliphatic rings. The first-order chi connectivity index (χ1) is 15.5. The number of amides is 1. The zero-order valence-electron chi connectivity index (χ0n) is 18.8. The Hall–Kier alpha value is -3.11. The molecule has 0 aliphatic carbocycles. The van der Waals surface area contributed by atoms with Crippen LogP contribution in [0.4, 0.5) is 5.69 Å². The molecule has 1 amide bonds. The van der Waals surface area contributed by atoms with Gasteiger partial charge in [0.1, 0.15) is 5.82 Å². The van der Waals surface area contributed by atoms with Crippen LogP contribution in [0.1, 0.15) is 33.6 Å². The van der Waals surface area contributed by atoms with Crippen LogP contribution in [0, 0.1) is 5.92 Å². The lowest BCUT2D eigenvalue weighted by molar-refractivity contribution is -0.121.